The lowest BCUT2D eigenvalue weighted by Gasteiger charge is -2.26. The van der Waals surface area contributed by atoms with Gasteiger partial charge in [-0.1, -0.05) is 38.1 Å². The second-order valence-corrected chi connectivity index (χ2v) is 7.45. The van der Waals surface area contributed by atoms with Crippen LogP contribution in [0.1, 0.15) is 43.9 Å². The summed E-state index contributed by atoms with van der Waals surface area (Å²) < 4.78 is 16.6. The molecule has 0 saturated carbocycles. The number of para-hydroxylation sites is 1. The van der Waals surface area contributed by atoms with Gasteiger partial charge in [-0.2, -0.15) is 0 Å². The van der Waals surface area contributed by atoms with Gasteiger partial charge >= 0.3 is 0 Å². The largest absolute Gasteiger partial charge is 0.507 e. The van der Waals surface area contributed by atoms with Gasteiger partial charge in [-0.3, -0.25) is 9.59 Å². The van der Waals surface area contributed by atoms with Gasteiger partial charge in [0.05, 0.1) is 32.4 Å². The topological polar surface area (TPSA) is 85.3 Å². The average Bonchev–Trinajstić information content (AvgIpc) is 3.06. The molecule has 1 saturated heterocycles. The van der Waals surface area contributed by atoms with E-state index in [1.807, 2.05) is 13.8 Å². The monoisotopic (exact) mass is 439 g/mol. The summed E-state index contributed by atoms with van der Waals surface area (Å²) in [5, 5.41) is 11.2. The van der Waals surface area contributed by atoms with Crippen LogP contribution in [0.2, 0.25) is 0 Å². The summed E-state index contributed by atoms with van der Waals surface area (Å²) >= 11 is 0. The summed E-state index contributed by atoms with van der Waals surface area (Å²) in [6.07, 6.45) is 1.49. The fraction of sp³-hybridized carbons (Fsp3) is 0.360. The number of likely N-dealkylation sites (tertiary alicyclic amines) is 1. The zero-order chi connectivity index (χ0) is 23.3. The molecule has 7 nitrogen and oxygen atoms in total. The van der Waals surface area contributed by atoms with E-state index >= 15 is 0 Å². The molecule has 1 aliphatic rings. The highest BCUT2D eigenvalue weighted by atomic mass is 16.5. The molecule has 3 rings (SSSR count). The Bertz CT molecular complexity index is 1030. The molecule has 0 radical (unpaired) electrons. The first-order valence-electron chi connectivity index (χ1n) is 10.7. The Morgan fingerprint density at radius 1 is 1.03 bits per heavy atom. The molecule has 0 aliphatic carbocycles. The highest BCUT2D eigenvalue weighted by Crippen LogP contribution is 2.45. The minimum Gasteiger partial charge on any atom is -0.507 e. The van der Waals surface area contributed by atoms with Gasteiger partial charge in [0.15, 0.2) is 11.5 Å². The predicted molar refractivity (Wildman–Crippen MR) is 121 cm³/mol. The molecule has 0 spiro atoms. The SMILES string of the molecule is CCCOc1cccc(/C(O)=C2\C(=O)C(=O)N(CCC)C2c2cccc(OC)c2OC)c1. The molecule has 1 unspecified atom stereocenters. The van der Waals surface area contributed by atoms with Gasteiger partial charge in [0, 0.05) is 17.7 Å². The number of amides is 1. The van der Waals surface area contributed by atoms with E-state index in [0.29, 0.717) is 47.9 Å². The summed E-state index contributed by atoms with van der Waals surface area (Å²) in [5.74, 6) is -0.170. The fourth-order valence-electron chi connectivity index (χ4n) is 3.91. The van der Waals surface area contributed by atoms with Crippen molar-refractivity contribution in [1.82, 2.24) is 4.90 Å². The third-order valence-corrected chi connectivity index (χ3v) is 5.31. The first kappa shape index (κ1) is 23.2. The molecule has 1 N–H and O–H groups in total. The zero-order valence-corrected chi connectivity index (χ0v) is 18.9. The van der Waals surface area contributed by atoms with Gasteiger partial charge < -0.3 is 24.2 Å². The molecule has 1 atom stereocenters. The van der Waals surface area contributed by atoms with Crippen molar-refractivity contribution in [3.63, 3.8) is 0 Å². The number of aliphatic hydroxyl groups is 1. The van der Waals surface area contributed by atoms with Crippen LogP contribution in [0.15, 0.2) is 48.0 Å². The second-order valence-electron chi connectivity index (χ2n) is 7.45. The molecule has 32 heavy (non-hydrogen) atoms. The van der Waals surface area contributed by atoms with E-state index < -0.39 is 17.7 Å². The first-order valence-corrected chi connectivity index (χ1v) is 10.7. The lowest BCUT2D eigenvalue weighted by molar-refractivity contribution is -0.139. The molecule has 7 heteroatoms. The lowest BCUT2D eigenvalue weighted by atomic mass is 9.94. The molecule has 1 heterocycles. The van der Waals surface area contributed by atoms with Crippen molar-refractivity contribution in [3.8, 4) is 17.2 Å². The number of methoxy groups -OCH3 is 2. The Morgan fingerprint density at radius 2 is 1.78 bits per heavy atom. The summed E-state index contributed by atoms with van der Waals surface area (Å²) in [6, 6.07) is 11.3. The summed E-state index contributed by atoms with van der Waals surface area (Å²) in [4.78, 5) is 27.5. The van der Waals surface area contributed by atoms with E-state index in [0.717, 1.165) is 6.42 Å². The van der Waals surface area contributed by atoms with E-state index in [1.54, 1.807) is 42.5 Å². The van der Waals surface area contributed by atoms with Gasteiger partial charge in [0.1, 0.15) is 11.5 Å². The highest BCUT2D eigenvalue weighted by molar-refractivity contribution is 6.46. The molecule has 1 fully saturated rings. The molecule has 1 amide bonds. The van der Waals surface area contributed by atoms with E-state index in [2.05, 4.69) is 0 Å². The van der Waals surface area contributed by atoms with Crippen LogP contribution in [0.3, 0.4) is 0 Å². The number of carbonyl (C=O) groups is 2. The van der Waals surface area contributed by atoms with Gasteiger partial charge in [0.25, 0.3) is 11.7 Å². The number of hydrogen-bond donors (Lipinski definition) is 1. The van der Waals surface area contributed by atoms with E-state index in [4.69, 9.17) is 14.2 Å². The lowest BCUT2D eigenvalue weighted by Crippen LogP contribution is -2.30. The summed E-state index contributed by atoms with van der Waals surface area (Å²) in [7, 11) is 3.02. The smallest absolute Gasteiger partial charge is 0.295 e. The molecule has 170 valence electrons. The van der Waals surface area contributed by atoms with Gasteiger partial charge in [-0.05, 0) is 31.0 Å². The van der Waals surface area contributed by atoms with Crippen molar-refractivity contribution in [1.29, 1.82) is 0 Å². The quantitative estimate of drug-likeness (QED) is 0.356. The molecular formula is C25H29NO6. The van der Waals surface area contributed by atoms with Crippen molar-refractivity contribution in [2.45, 2.75) is 32.7 Å². The van der Waals surface area contributed by atoms with Crippen molar-refractivity contribution in [2.24, 2.45) is 0 Å². The van der Waals surface area contributed by atoms with Crippen molar-refractivity contribution < 1.29 is 28.9 Å². The van der Waals surface area contributed by atoms with Crippen LogP contribution in [-0.2, 0) is 9.59 Å². The third kappa shape index (κ3) is 4.28. The molecule has 1 aliphatic heterocycles. The van der Waals surface area contributed by atoms with E-state index in [1.165, 1.54) is 19.1 Å². The van der Waals surface area contributed by atoms with Gasteiger partial charge in [-0.25, -0.2) is 0 Å². The Labute approximate surface area is 188 Å². The Kier molecular flexibility index (Phi) is 7.41. The highest BCUT2D eigenvalue weighted by Gasteiger charge is 2.47. The van der Waals surface area contributed by atoms with Crippen molar-refractivity contribution >= 4 is 17.4 Å². The van der Waals surface area contributed by atoms with Crippen LogP contribution in [-0.4, -0.2) is 49.1 Å². The predicted octanol–water partition coefficient (Wildman–Crippen LogP) is 4.32. The first-order chi connectivity index (χ1) is 15.5. The zero-order valence-electron chi connectivity index (χ0n) is 18.9. The average molecular weight is 440 g/mol. The minimum absolute atomic E-state index is 0.0163. The Balaban J connectivity index is 2.21. The second kappa shape index (κ2) is 10.2. The standard InChI is InChI=1S/C25H29NO6/c1-5-13-26-21(18-11-8-12-19(30-3)24(18)31-4)20(23(28)25(26)29)22(27)16-9-7-10-17(15-16)32-14-6-2/h7-12,15,21,27H,5-6,13-14H2,1-4H3/b22-20+. The number of ketones is 1. The number of Topliss-reactive ketones (excluding diaryl/α,β-unsaturated/α-hetero) is 1. The minimum atomic E-state index is -0.805. The van der Waals surface area contributed by atoms with Crippen molar-refractivity contribution in [3.05, 3.63) is 59.2 Å². The van der Waals surface area contributed by atoms with E-state index in [-0.39, 0.29) is 11.3 Å². The number of rotatable bonds is 9. The summed E-state index contributed by atoms with van der Waals surface area (Å²) in [5.41, 5.74) is 0.988. The maximum Gasteiger partial charge on any atom is 0.295 e. The molecule has 2 aromatic carbocycles. The summed E-state index contributed by atoms with van der Waals surface area (Å²) in [6.45, 7) is 4.81. The van der Waals surface area contributed by atoms with Crippen LogP contribution in [0.25, 0.3) is 5.76 Å². The third-order valence-electron chi connectivity index (χ3n) is 5.31. The number of aliphatic hydroxyl groups excluding tert-OH is 1. The van der Waals surface area contributed by atoms with Crippen LogP contribution in [0.5, 0.6) is 17.2 Å². The van der Waals surface area contributed by atoms with Crippen LogP contribution < -0.4 is 14.2 Å². The van der Waals surface area contributed by atoms with Crippen LogP contribution in [0, 0.1) is 0 Å². The molecule has 2 aromatic rings. The van der Waals surface area contributed by atoms with Crippen molar-refractivity contribution in [2.75, 3.05) is 27.4 Å². The van der Waals surface area contributed by atoms with Gasteiger partial charge in [0.2, 0.25) is 0 Å². The Morgan fingerprint density at radius 3 is 2.44 bits per heavy atom. The normalized spacial score (nSPS) is 17.5. The molecule has 0 bridgehead atoms. The van der Waals surface area contributed by atoms with Crippen LogP contribution >= 0.6 is 0 Å². The van der Waals surface area contributed by atoms with E-state index in [9.17, 15) is 14.7 Å². The van der Waals surface area contributed by atoms with Crippen LogP contribution in [0.4, 0.5) is 0 Å². The fourth-order valence-corrected chi connectivity index (χ4v) is 3.91. The molecular weight excluding hydrogens is 410 g/mol. The number of ether oxygens (including phenoxy) is 3. The Hall–Kier alpha value is -3.48. The maximum absolute atomic E-state index is 13.1. The number of benzene rings is 2. The molecule has 0 aromatic heterocycles. The number of hydrogen-bond acceptors (Lipinski definition) is 6. The number of nitrogens with zero attached hydrogens (tertiary/aromatic N) is 1. The number of carbonyl (C=O) groups excluding carboxylic acids is 2. The van der Waals surface area contributed by atoms with Gasteiger partial charge in [-0.15, -0.1) is 0 Å². The maximum atomic E-state index is 13.1.